The van der Waals surface area contributed by atoms with Crippen molar-refractivity contribution < 1.29 is 14.6 Å². The Balaban J connectivity index is 1.35. The molecule has 0 bridgehead atoms. The van der Waals surface area contributed by atoms with Gasteiger partial charge in [0.05, 0.1) is 23.5 Å². The van der Waals surface area contributed by atoms with Gasteiger partial charge in [-0.05, 0) is 54.5 Å². The highest BCUT2D eigenvalue weighted by molar-refractivity contribution is 5.93. The lowest BCUT2D eigenvalue weighted by molar-refractivity contribution is -0.142. The molecule has 178 valence electrons. The van der Waals surface area contributed by atoms with E-state index in [0.29, 0.717) is 25.0 Å². The molecule has 1 aliphatic carbocycles. The second-order valence-corrected chi connectivity index (χ2v) is 9.00. The van der Waals surface area contributed by atoms with Crippen LogP contribution in [0.4, 0.5) is 0 Å². The first-order valence-corrected chi connectivity index (χ1v) is 12.1. The van der Waals surface area contributed by atoms with Gasteiger partial charge in [-0.1, -0.05) is 61.5 Å². The second-order valence-electron chi connectivity index (χ2n) is 9.00. The highest BCUT2D eigenvalue weighted by atomic mass is 16.5. The van der Waals surface area contributed by atoms with Gasteiger partial charge in [0.2, 0.25) is 0 Å². The molecule has 0 saturated carbocycles. The zero-order valence-electron chi connectivity index (χ0n) is 19.7. The number of carboxylic acid groups (broad SMARTS) is 1. The third-order valence-electron chi connectivity index (χ3n) is 6.97. The molecule has 6 nitrogen and oxygen atoms in total. The molecule has 1 aliphatic rings. The molecule has 1 heterocycles. The minimum Gasteiger partial charge on any atom is -0.492 e. The molecule has 0 amide bonds. The minimum atomic E-state index is -0.728. The maximum Gasteiger partial charge on any atom is 0.307 e. The molecule has 2 unspecified atom stereocenters. The highest BCUT2D eigenvalue weighted by Crippen LogP contribution is 2.41. The molecule has 0 aliphatic heterocycles. The molecule has 0 radical (unpaired) electrons. The number of carbonyl (C=O) groups is 1. The number of rotatable bonds is 8. The summed E-state index contributed by atoms with van der Waals surface area (Å²) in [5.41, 5.74) is 3.86. The average Bonchev–Trinajstić information content (AvgIpc) is 3.29. The molecule has 4 aromatic rings. The van der Waals surface area contributed by atoms with E-state index in [1.165, 1.54) is 4.68 Å². The lowest BCUT2D eigenvalue weighted by Gasteiger charge is -2.19. The summed E-state index contributed by atoms with van der Waals surface area (Å²) in [5, 5.41) is 15.7. The van der Waals surface area contributed by atoms with Crippen molar-refractivity contribution in [3.63, 3.8) is 0 Å². The van der Waals surface area contributed by atoms with Crippen molar-refractivity contribution in [2.45, 2.75) is 38.6 Å². The summed E-state index contributed by atoms with van der Waals surface area (Å²) in [7, 11) is 0. The van der Waals surface area contributed by atoms with Crippen molar-refractivity contribution in [3.8, 4) is 17.0 Å². The number of hydrogen-bond donors (Lipinski definition) is 1. The molecule has 1 aromatic heterocycles. The van der Waals surface area contributed by atoms with Gasteiger partial charge in [-0.25, -0.2) is 4.68 Å². The maximum absolute atomic E-state index is 13.1. The molecule has 6 heteroatoms. The van der Waals surface area contributed by atoms with E-state index in [1.807, 2.05) is 79.7 Å². The van der Waals surface area contributed by atoms with E-state index in [2.05, 4.69) is 5.10 Å². The van der Waals surface area contributed by atoms with E-state index >= 15 is 0 Å². The normalized spacial score (nSPS) is 15.6. The standard InChI is InChI=1S/C29H28N2O4/c1-2-22(29(33)34)24-14-12-20-18-21(13-15-23(20)24)35-17-16-31-28(32)26-11-7-6-10-25(26)27(30-31)19-8-4-3-5-9-19/h3-11,13,15,18,22,24H,2,12,14,16-17H2,1H3,(H,33,34). The first kappa shape index (κ1) is 22.8. The summed E-state index contributed by atoms with van der Waals surface area (Å²) in [5.74, 6) is -0.301. The quantitative estimate of drug-likeness (QED) is 0.380. The van der Waals surface area contributed by atoms with Crippen LogP contribution in [0.15, 0.2) is 77.6 Å². The molecule has 3 aromatic carbocycles. The number of aryl methyl sites for hydroxylation is 1. The first-order chi connectivity index (χ1) is 17.1. The lowest BCUT2D eigenvalue weighted by Crippen LogP contribution is -2.26. The van der Waals surface area contributed by atoms with Crippen molar-refractivity contribution in [2.75, 3.05) is 6.61 Å². The smallest absolute Gasteiger partial charge is 0.307 e. The number of aromatic nitrogens is 2. The van der Waals surface area contributed by atoms with Gasteiger partial charge in [0, 0.05) is 10.9 Å². The Labute approximate surface area is 203 Å². The Morgan fingerprint density at radius 3 is 2.57 bits per heavy atom. The minimum absolute atomic E-state index is 0.0540. The zero-order valence-corrected chi connectivity index (χ0v) is 19.7. The first-order valence-electron chi connectivity index (χ1n) is 12.1. The van der Waals surface area contributed by atoms with Gasteiger partial charge in [0.25, 0.3) is 5.56 Å². The van der Waals surface area contributed by atoms with Crippen LogP contribution in [-0.2, 0) is 17.8 Å². The van der Waals surface area contributed by atoms with Gasteiger partial charge < -0.3 is 9.84 Å². The van der Waals surface area contributed by atoms with Crippen LogP contribution in [0.2, 0.25) is 0 Å². The molecule has 35 heavy (non-hydrogen) atoms. The third-order valence-corrected chi connectivity index (χ3v) is 6.97. The number of nitrogens with zero attached hydrogens (tertiary/aromatic N) is 2. The van der Waals surface area contributed by atoms with E-state index in [1.54, 1.807) is 0 Å². The predicted molar refractivity (Wildman–Crippen MR) is 136 cm³/mol. The van der Waals surface area contributed by atoms with Crippen LogP contribution in [0.5, 0.6) is 5.75 Å². The zero-order chi connectivity index (χ0) is 24.4. The van der Waals surface area contributed by atoms with Crippen LogP contribution in [0.3, 0.4) is 0 Å². The summed E-state index contributed by atoms with van der Waals surface area (Å²) >= 11 is 0. The van der Waals surface area contributed by atoms with E-state index < -0.39 is 5.97 Å². The maximum atomic E-state index is 13.1. The Kier molecular flexibility index (Phi) is 6.36. The SMILES string of the molecule is CCC(C(=O)O)C1CCc2cc(OCCn3nc(-c4ccccc4)c4ccccc4c3=O)ccc21. The third kappa shape index (κ3) is 4.44. The van der Waals surface area contributed by atoms with Crippen LogP contribution in [0.1, 0.15) is 36.8 Å². The number of benzene rings is 3. The number of ether oxygens (including phenoxy) is 1. The molecule has 2 atom stereocenters. The highest BCUT2D eigenvalue weighted by Gasteiger charge is 2.33. The number of carboxylic acids is 1. The number of fused-ring (bicyclic) bond motifs is 2. The Morgan fingerprint density at radius 2 is 1.83 bits per heavy atom. The molecule has 0 fully saturated rings. The van der Waals surface area contributed by atoms with Crippen molar-refractivity contribution in [2.24, 2.45) is 5.92 Å². The Hall–Kier alpha value is -3.93. The topological polar surface area (TPSA) is 81.4 Å². The summed E-state index contributed by atoms with van der Waals surface area (Å²) in [6.45, 7) is 2.55. The number of hydrogen-bond acceptors (Lipinski definition) is 4. The molecule has 0 saturated heterocycles. The van der Waals surface area contributed by atoms with E-state index in [4.69, 9.17) is 4.74 Å². The Morgan fingerprint density at radius 1 is 1.09 bits per heavy atom. The van der Waals surface area contributed by atoms with Crippen LogP contribution >= 0.6 is 0 Å². The van der Waals surface area contributed by atoms with Crippen LogP contribution in [0.25, 0.3) is 22.0 Å². The summed E-state index contributed by atoms with van der Waals surface area (Å²) < 4.78 is 7.48. The monoisotopic (exact) mass is 468 g/mol. The van der Waals surface area contributed by atoms with Crippen molar-refractivity contribution >= 4 is 16.7 Å². The fourth-order valence-electron chi connectivity index (χ4n) is 5.21. The van der Waals surface area contributed by atoms with Gasteiger partial charge >= 0.3 is 5.97 Å². The fourth-order valence-corrected chi connectivity index (χ4v) is 5.21. The molecule has 1 N–H and O–H groups in total. The lowest BCUT2D eigenvalue weighted by atomic mass is 9.85. The van der Waals surface area contributed by atoms with E-state index in [9.17, 15) is 14.7 Å². The molecule has 5 rings (SSSR count). The predicted octanol–water partition coefficient (Wildman–Crippen LogP) is 5.28. The fraction of sp³-hybridized carbons (Fsp3) is 0.276. The summed E-state index contributed by atoms with van der Waals surface area (Å²) in [4.78, 5) is 24.7. The van der Waals surface area contributed by atoms with Crippen LogP contribution in [0, 0.1) is 5.92 Å². The summed E-state index contributed by atoms with van der Waals surface area (Å²) in [6, 6.07) is 23.3. The van der Waals surface area contributed by atoms with Gasteiger partial charge in [-0.2, -0.15) is 5.10 Å². The number of aliphatic carboxylic acids is 1. The second kappa shape index (κ2) is 9.74. The largest absolute Gasteiger partial charge is 0.492 e. The molecular formula is C29H28N2O4. The van der Waals surface area contributed by atoms with Gasteiger partial charge in [0.1, 0.15) is 12.4 Å². The van der Waals surface area contributed by atoms with Gasteiger partial charge in [-0.3, -0.25) is 9.59 Å². The van der Waals surface area contributed by atoms with E-state index in [-0.39, 0.29) is 17.4 Å². The summed E-state index contributed by atoms with van der Waals surface area (Å²) in [6.07, 6.45) is 2.32. The van der Waals surface area contributed by atoms with Crippen molar-refractivity contribution in [3.05, 3.63) is 94.3 Å². The van der Waals surface area contributed by atoms with E-state index in [0.717, 1.165) is 46.4 Å². The van der Waals surface area contributed by atoms with Gasteiger partial charge in [0.15, 0.2) is 0 Å². The van der Waals surface area contributed by atoms with Crippen LogP contribution < -0.4 is 10.3 Å². The Bertz CT molecular complexity index is 1430. The van der Waals surface area contributed by atoms with Crippen molar-refractivity contribution in [1.82, 2.24) is 9.78 Å². The average molecular weight is 469 g/mol. The van der Waals surface area contributed by atoms with Crippen molar-refractivity contribution in [1.29, 1.82) is 0 Å². The molecule has 0 spiro atoms. The molecular weight excluding hydrogens is 440 g/mol. The van der Waals surface area contributed by atoms with Gasteiger partial charge in [-0.15, -0.1) is 0 Å². The van der Waals surface area contributed by atoms with Crippen LogP contribution in [-0.4, -0.2) is 27.5 Å².